The summed E-state index contributed by atoms with van der Waals surface area (Å²) in [6.07, 6.45) is 0. The second-order valence-corrected chi connectivity index (χ2v) is 3.01. The first-order valence-electron chi connectivity index (χ1n) is 4.38. The van der Waals surface area contributed by atoms with Crippen molar-refractivity contribution in [3.05, 3.63) is 35.9 Å². The van der Waals surface area contributed by atoms with Crippen molar-refractivity contribution >= 4 is 10.9 Å². The zero-order chi connectivity index (χ0) is 9.97. The number of hydrogen-bond acceptors (Lipinski definition) is 3. The van der Waals surface area contributed by atoms with Gasteiger partial charge in [-0.2, -0.15) is 0 Å². The maximum atomic E-state index is 9.09. The number of aromatic nitrogens is 1. The highest BCUT2D eigenvalue weighted by atomic mass is 16.5. The van der Waals surface area contributed by atoms with Crippen LogP contribution in [0.5, 0.6) is 5.88 Å². The van der Waals surface area contributed by atoms with Crippen molar-refractivity contribution in [3.63, 3.8) is 0 Å². The second-order valence-electron chi connectivity index (χ2n) is 3.01. The molecule has 0 saturated carbocycles. The molecule has 1 N–H and O–H groups in total. The number of fused-ring (bicyclic) bond motifs is 1. The molecule has 2 rings (SSSR count). The molecular formula is C11H11NO2. The number of nitrogens with zero attached hydrogens (tertiary/aromatic N) is 1. The summed E-state index contributed by atoms with van der Waals surface area (Å²) in [6.45, 7) is -0.0546. The molecule has 0 spiro atoms. The summed E-state index contributed by atoms with van der Waals surface area (Å²) in [7, 11) is 1.55. The van der Waals surface area contributed by atoms with E-state index in [9.17, 15) is 0 Å². The Bertz CT molecular complexity index is 411. The number of benzene rings is 1. The van der Waals surface area contributed by atoms with Gasteiger partial charge < -0.3 is 9.84 Å². The average Bonchev–Trinajstić information content (AvgIpc) is 2.27. The fourth-order valence-corrected chi connectivity index (χ4v) is 1.43. The maximum absolute atomic E-state index is 9.09. The lowest BCUT2D eigenvalue weighted by atomic mass is 10.1. The van der Waals surface area contributed by atoms with Gasteiger partial charge in [-0.1, -0.05) is 18.2 Å². The first-order chi connectivity index (χ1) is 6.85. The van der Waals surface area contributed by atoms with E-state index in [0.29, 0.717) is 11.4 Å². The smallest absolute Gasteiger partial charge is 0.219 e. The van der Waals surface area contributed by atoms with Crippen LogP contribution < -0.4 is 4.74 Å². The van der Waals surface area contributed by atoms with Crippen LogP contribution >= 0.6 is 0 Å². The van der Waals surface area contributed by atoms with Crippen LogP contribution in [0.2, 0.25) is 0 Å². The molecule has 0 radical (unpaired) electrons. The van der Waals surface area contributed by atoms with Gasteiger partial charge in [0.25, 0.3) is 0 Å². The number of para-hydroxylation sites is 1. The van der Waals surface area contributed by atoms with Crippen molar-refractivity contribution in [2.45, 2.75) is 6.61 Å². The number of hydrogen-bond donors (Lipinski definition) is 1. The highest BCUT2D eigenvalue weighted by Crippen LogP contribution is 2.21. The normalized spacial score (nSPS) is 10.4. The van der Waals surface area contributed by atoms with E-state index in [1.807, 2.05) is 30.3 Å². The first-order valence-corrected chi connectivity index (χ1v) is 4.38. The third kappa shape index (κ3) is 1.42. The Morgan fingerprint density at radius 1 is 1.36 bits per heavy atom. The Morgan fingerprint density at radius 2 is 2.14 bits per heavy atom. The zero-order valence-electron chi connectivity index (χ0n) is 7.90. The molecule has 3 nitrogen and oxygen atoms in total. The molecule has 0 fully saturated rings. The average molecular weight is 189 g/mol. The van der Waals surface area contributed by atoms with Gasteiger partial charge in [0.2, 0.25) is 5.88 Å². The lowest BCUT2D eigenvalue weighted by Crippen LogP contribution is -1.95. The number of aliphatic hydroxyl groups is 1. The Balaban J connectivity index is 2.69. The predicted molar refractivity (Wildman–Crippen MR) is 54.2 cm³/mol. The standard InChI is InChI=1S/C11H11NO2/c1-14-11-9(7-13)6-8-4-2-3-5-10(8)12-11/h2-6,13H,7H2,1H3. The van der Waals surface area contributed by atoms with Crippen molar-refractivity contribution in [2.75, 3.05) is 7.11 Å². The third-order valence-corrected chi connectivity index (χ3v) is 2.13. The number of ether oxygens (including phenoxy) is 1. The monoisotopic (exact) mass is 189 g/mol. The number of rotatable bonds is 2. The molecule has 0 saturated heterocycles. The topological polar surface area (TPSA) is 42.4 Å². The van der Waals surface area contributed by atoms with E-state index in [1.54, 1.807) is 7.11 Å². The molecule has 1 aromatic heterocycles. The van der Waals surface area contributed by atoms with Gasteiger partial charge in [-0.25, -0.2) is 4.98 Å². The second kappa shape index (κ2) is 3.64. The third-order valence-electron chi connectivity index (χ3n) is 2.13. The maximum Gasteiger partial charge on any atom is 0.219 e. The van der Waals surface area contributed by atoms with Crippen molar-refractivity contribution in [3.8, 4) is 5.88 Å². The van der Waals surface area contributed by atoms with E-state index in [4.69, 9.17) is 9.84 Å². The number of aliphatic hydroxyl groups excluding tert-OH is 1. The summed E-state index contributed by atoms with van der Waals surface area (Å²) in [5.41, 5.74) is 1.59. The van der Waals surface area contributed by atoms with Gasteiger partial charge in [0.1, 0.15) is 0 Å². The molecule has 2 aromatic rings. The number of pyridine rings is 1. The molecule has 72 valence electrons. The van der Waals surface area contributed by atoms with Crippen molar-refractivity contribution in [1.29, 1.82) is 0 Å². The zero-order valence-corrected chi connectivity index (χ0v) is 7.90. The molecule has 14 heavy (non-hydrogen) atoms. The molecule has 0 atom stereocenters. The summed E-state index contributed by atoms with van der Waals surface area (Å²) in [5, 5.41) is 10.1. The van der Waals surface area contributed by atoms with Gasteiger partial charge >= 0.3 is 0 Å². The highest BCUT2D eigenvalue weighted by Gasteiger charge is 2.05. The fraction of sp³-hybridized carbons (Fsp3) is 0.182. The summed E-state index contributed by atoms with van der Waals surface area (Å²) in [4.78, 5) is 4.28. The Morgan fingerprint density at radius 3 is 2.86 bits per heavy atom. The minimum absolute atomic E-state index is 0.0546. The van der Waals surface area contributed by atoms with E-state index in [1.165, 1.54) is 0 Å². The molecule has 3 heteroatoms. The van der Waals surface area contributed by atoms with Gasteiger partial charge in [0.15, 0.2) is 0 Å². The van der Waals surface area contributed by atoms with Crippen molar-refractivity contribution < 1.29 is 9.84 Å². The SMILES string of the molecule is COc1nc2ccccc2cc1CO. The fourth-order valence-electron chi connectivity index (χ4n) is 1.43. The summed E-state index contributed by atoms with van der Waals surface area (Å²) in [6, 6.07) is 9.63. The summed E-state index contributed by atoms with van der Waals surface area (Å²) >= 11 is 0. The van der Waals surface area contributed by atoms with Crippen LogP contribution in [0.15, 0.2) is 30.3 Å². The van der Waals surface area contributed by atoms with Gasteiger partial charge in [0, 0.05) is 10.9 Å². The van der Waals surface area contributed by atoms with Crippen LogP contribution in [0, 0.1) is 0 Å². The highest BCUT2D eigenvalue weighted by molar-refractivity contribution is 5.79. The van der Waals surface area contributed by atoms with Crippen LogP contribution in [0.3, 0.4) is 0 Å². The minimum atomic E-state index is -0.0546. The van der Waals surface area contributed by atoms with Crippen LogP contribution in [-0.2, 0) is 6.61 Å². The molecule has 1 aromatic carbocycles. The molecule has 0 amide bonds. The van der Waals surface area contributed by atoms with Gasteiger partial charge in [-0.05, 0) is 12.1 Å². The number of methoxy groups -OCH3 is 1. The molecule has 0 bridgehead atoms. The van der Waals surface area contributed by atoms with Crippen molar-refractivity contribution in [2.24, 2.45) is 0 Å². The Hall–Kier alpha value is -1.61. The lowest BCUT2D eigenvalue weighted by Gasteiger charge is -2.06. The van der Waals surface area contributed by atoms with Crippen LogP contribution in [0.1, 0.15) is 5.56 Å². The van der Waals surface area contributed by atoms with Crippen LogP contribution in [0.4, 0.5) is 0 Å². The molecule has 0 aliphatic rings. The summed E-state index contributed by atoms with van der Waals surface area (Å²) < 4.78 is 5.07. The van der Waals surface area contributed by atoms with Crippen LogP contribution in [-0.4, -0.2) is 17.2 Å². The van der Waals surface area contributed by atoms with Crippen molar-refractivity contribution in [1.82, 2.24) is 4.98 Å². The quantitative estimate of drug-likeness (QED) is 0.782. The lowest BCUT2D eigenvalue weighted by molar-refractivity contribution is 0.272. The molecular weight excluding hydrogens is 178 g/mol. The largest absolute Gasteiger partial charge is 0.481 e. The van der Waals surface area contributed by atoms with E-state index < -0.39 is 0 Å². The van der Waals surface area contributed by atoms with Gasteiger partial charge in [0.05, 0.1) is 19.2 Å². The van der Waals surface area contributed by atoms with Gasteiger partial charge in [-0.15, -0.1) is 0 Å². The molecule has 0 aliphatic heterocycles. The van der Waals surface area contributed by atoms with E-state index in [0.717, 1.165) is 10.9 Å². The van der Waals surface area contributed by atoms with E-state index in [2.05, 4.69) is 4.98 Å². The summed E-state index contributed by atoms with van der Waals surface area (Å²) in [5.74, 6) is 0.492. The molecule has 1 heterocycles. The minimum Gasteiger partial charge on any atom is -0.481 e. The van der Waals surface area contributed by atoms with Gasteiger partial charge in [-0.3, -0.25) is 0 Å². The Kier molecular flexibility index (Phi) is 2.33. The molecule has 0 unspecified atom stereocenters. The first kappa shape index (κ1) is 8.97. The Labute approximate surface area is 82.0 Å². The van der Waals surface area contributed by atoms with Crippen LogP contribution in [0.25, 0.3) is 10.9 Å². The van der Waals surface area contributed by atoms with E-state index >= 15 is 0 Å². The predicted octanol–water partition coefficient (Wildman–Crippen LogP) is 1.74. The molecule has 0 aliphatic carbocycles. The van der Waals surface area contributed by atoms with E-state index in [-0.39, 0.29) is 6.61 Å².